The normalized spacial score (nSPS) is 16.0. The molecule has 1 atom stereocenters. The average Bonchev–Trinajstić information content (AvgIpc) is 3.59. The minimum Gasteiger partial charge on any atom is -0.334 e. The van der Waals surface area contributed by atoms with E-state index in [-0.39, 0.29) is 11.9 Å². The van der Waals surface area contributed by atoms with Gasteiger partial charge >= 0.3 is 0 Å². The third-order valence-electron chi connectivity index (χ3n) is 5.34. The largest absolute Gasteiger partial charge is 0.334 e. The molecule has 0 spiro atoms. The fourth-order valence-electron chi connectivity index (χ4n) is 3.91. The van der Waals surface area contributed by atoms with Gasteiger partial charge in [0.2, 0.25) is 5.91 Å². The highest BCUT2D eigenvalue weighted by Crippen LogP contribution is 2.35. The number of thioether (sulfide) groups is 1. The Kier molecular flexibility index (Phi) is 5.82. The summed E-state index contributed by atoms with van der Waals surface area (Å²) in [6.07, 6.45) is 5.59. The van der Waals surface area contributed by atoms with Gasteiger partial charge in [0.05, 0.1) is 11.8 Å². The van der Waals surface area contributed by atoms with Crippen LogP contribution in [0, 0.1) is 0 Å². The summed E-state index contributed by atoms with van der Waals surface area (Å²) in [5.41, 5.74) is 1.84. The van der Waals surface area contributed by atoms with Crippen LogP contribution in [-0.2, 0) is 4.79 Å². The summed E-state index contributed by atoms with van der Waals surface area (Å²) in [5.74, 6) is 1.19. The standard InChI is InChI=1S/C23H21N5OS2/c29-21(27-13-5-10-19(27)20-11-6-14-30-20)16-31-23-26-25-22(17-7-4-12-24-15-17)28(23)18-8-2-1-3-9-18/h1-4,6-9,11-12,14-15,19H,5,10,13,16H2. The molecule has 8 heteroatoms. The number of amides is 1. The monoisotopic (exact) mass is 447 g/mol. The summed E-state index contributed by atoms with van der Waals surface area (Å²) < 4.78 is 2.00. The van der Waals surface area contributed by atoms with Gasteiger partial charge in [0.15, 0.2) is 11.0 Å². The van der Waals surface area contributed by atoms with Crippen LogP contribution in [0.5, 0.6) is 0 Å². The molecule has 3 aromatic heterocycles. The van der Waals surface area contributed by atoms with Crippen molar-refractivity contribution in [3.8, 4) is 17.1 Å². The number of para-hydroxylation sites is 1. The number of carbonyl (C=O) groups excluding carboxylic acids is 1. The molecule has 1 saturated heterocycles. The van der Waals surface area contributed by atoms with Crippen LogP contribution in [0.15, 0.2) is 77.5 Å². The molecule has 6 nitrogen and oxygen atoms in total. The first-order chi connectivity index (χ1) is 15.3. The van der Waals surface area contributed by atoms with Gasteiger partial charge in [-0.05, 0) is 48.6 Å². The molecule has 0 radical (unpaired) electrons. The van der Waals surface area contributed by atoms with Gasteiger partial charge < -0.3 is 4.90 Å². The van der Waals surface area contributed by atoms with Gasteiger partial charge in [-0.3, -0.25) is 14.3 Å². The molecule has 0 saturated carbocycles. The molecule has 156 valence electrons. The third-order valence-corrected chi connectivity index (χ3v) is 7.22. The summed E-state index contributed by atoms with van der Waals surface area (Å²) in [4.78, 5) is 20.6. The highest BCUT2D eigenvalue weighted by molar-refractivity contribution is 7.99. The van der Waals surface area contributed by atoms with E-state index in [1.54, 1.807) is 23.7 Å². The second-order valence-corrected chi connectivity index (χ2v) is 9.19. The molecule has 1 aromatic carbocycles. The summed E-state index contributed by atoms with van der Waals surface area (Å²) in [6.45, 7) is 0.814. The van der Waals surface area contributed by atoms with Crippen LogP contribution >= 0.6 is 23.1 Å². The van der Waals surface area contributed by atoms with Crippen molar-refractivity contribution in [2.45, 2.75) is 24.0 Å². The van der Waals surface area contributed by atoms with Gasteiger partial charge in [-0.15, -0.1) is 21.5 Å². The zero-order valence-electron chi connectivity index (χ0n) is 16.8. The quantitative estimate of drug-likeness (QED) is 0.396. The van der Waals surface area contributed by atoms with Crippen LogP contribution in [0.3, 0.4) is 0 Å². The minimum absolute atomic E-state index is 0.145. The highest BCUT2D eigenvalue weighted by atomic mass is 32.2. The number of benzene rings is 1. The van der Waals surface area contributed by atoms with Crippen molar-refractivity contribution in [1.29, 1.82) is 0 Å². The van der Waals surface area contributed by atoms with Crippen molar-refractivity contribution in [3.63, 3.8) is 0 Å². The summed E-state index contributed by atoms with van der Waals surface area (Å²) in [7, 11) is 0. The number of nitrogens with zero attached hydrogens (tertiary/aromatic N) is 5. The summed E-state index contributed by atoms with van der Waals surface area (Å²) in [6, 6.07) is 18.2. The van der Waals surface area contributed by atoms with Crippen molar-refractivity contribution in [2.24, 2.45) is 0 Å². The Morgan fingerprint density at radius 3 is 2.77 bits per heavy atom. The second kappa shape index (κ2) is 9.03. The van der Waals surface area contributed by atoms with Crippen LogP contribution in [0.1, 0.15) is 23.8 Å². The molecule has 1 aliphatic rings. The minimum atomic E-state index is 0.145. The van der Waals surface area contributed by atoms with Crippen molar-refractivity contribution in [1.82, 2.24) is 24.6 Å². The first-order valence-corrected chi connectivity index (χ1v) is 12.0. The number of pyridine rings is 1. The Labute approximate surface area is 189 Å². The zero-order valence-corrected chi connectivity index (χ0v) is 18.4. The topological polar surface area (TPSA) is 63.9 Å². The molecule has 4 heterocycles. The van der Waals surface area contributed by atoms with E-state index in [4.69, 9.17) is 0 Å². The molecular formula is C23H21N5OS2. The maximum Gasteiger partial charge on any atom is 0.233 e. The van der Waals surface area contributed by atoms with E-state index in [1.165, 1.54) is 16.6 Å². The molecule has 4 aromatic rings. The molecule has 1 amide bonds. The van der Waals surface area contributed by atoms with Gasteiger partial charge in [-0.1, -0.05) is 36.0 Å². The number of rotatable bonds is 6. The van der Waals surface area contributed by atoms with Crippen molar-refractivity contribution in [3.05, 3.63) is 77.2 Å². The molecule has 1 aliphatic heterocycles. The fraction of sp³-hybridized carbons (Fsp3) is 0.217. The molecule has 0 bridgehead atoms. The van der Waals surface area contributed by atoms with Crippen LogP contribution in [0.4, 0.5) is 0 Å². The Morgan fingerprint density at radius 2 is 2.00 bits per heavy atom. The van der Waals surface area contributed by atoms with E-state index in [0.717, 1.165) is 30.6 Å². The van der Waals surface area contributed by atoms with Crippen LogP contribution in [0.25, 0.3) is 17.1 Å². The van der Waals surface area contributed by atoms with Crippen LogP contribution in [0.2, 0.25) is 0 Å². The van der Waals surface area contributed by atoms with E-state index in [9.17, 15) is 4.79 Å². The molecule has 1 unspecified atom stereocenters. The number of thiophene rings is 1. The third kappa shape index (κ3) is 4.13. The molecule has 0 aliphatic carbocycles. The van der Waals surface area contributed by atoms with Crippen LogP contribution in [-0.4, -0.2) is 42.9 Å². The Morgan fingerprint density at radius 1 is 1.10 bits per heavy atom. The van der Waals surface area contributed by atoms with Gasteiger partial charge in [0.25, 0.3) is 0 Å². The predicted octanol–water partition coefficient (Wildman–Crippen LogP) is 4.85. The first kappa shape index (κ1) is 20.0. The highest BCUT2D eigenvalue weighted by Gasteiger charge is 2.30. The maximum absolute atomic E-state index is 13.1. The first-order valence-electron chi connectivity index (χ1n) is 10.2. The lowest BCUT2D eigenvalue weighted by Crippen LogP contribution is -2.31. The SMILES string of the molecule is O=C(CSc1nnc(-c2cccnc2)n1-c1ccccc1)N1CCCC1c1cccs1. The Balaban J connectivity index is 1.39. The Hall–Kier alpha value is -2.97. The molecule has 0 N–H and O–H groups in total. The predicted molar refractivity (Wildman–Crippen MR) is 123 cm³/mol. The number of hydrogen-bond donors (Lipinski definition) is 0. The van der Waals surface area contributed by atoms with Gasteiger partial charge in [0.1, 0.15) is 0 Å². The van der Waals surface area contributed by atoms with E-state index in [1.807, 2.05) is 51.9 Å². The van der Waals surface area contributed by atoms with E-state index >= 15 is 0 Å². The number of carbonyl (C=O) groups is 1. The van der Waals surface area contributed by atoms with Crippen molar-refractivity contribution in [2.75, 3.05) is 12.3 Å². The van der Waals surface area contributed by atoms with Crippen molar-refractivity contribution >= 4 is 29.0 Å². The van der Waals surface area contributed by atoms with Crippen molar-refractivity contribution < 1.29 is 4.79 Å². The fourth-order valence-corrected chi connectivity index (χ4v) is 5.62. The molecular weight excluding hydrogens is 426 g/mol. The van der Waals surface area contributed by atoms with Crippen LogP contribution < -0.4 is 0 Å². The van der Waals surface area contributed by atoms with Gasteiger partial charge in [-0.25, -0.2) is 0 Å². The zero-order chi connectivity index (χ0) is 21.0. The lowest BCUT2D eigenvalue weighted by Gasteiger charge is -2.23. The summed E-state index contributed by atoms with van der Waals surface area (Å²) in [5, 5.41) is 11.6. The Bertz CT molecular complexity index is 1150. The van der Waals surface area contributed by atoms with E-state index < -0.39 is 0 Å². The lowest BCUT2D eigenvalue weighted by molar-refractivity contribution is -0.129. The van der Waals surface area contributed by atoms with Gasteiger partial charge in [0, 0.05) is 35.1 Å². The second-order valence-electron chi connectivity index (χ2n) is 7.27. The number of likely N-dealkylation sites (tertiary alicyclic amines) is 1. The van der Waals surface area contributed by atoms with E-state index in [2.05, 4.69) is 32.7 Å². The molecule has 31 heavy (non-hydrogen) atoms. The summed E-state index contributed by atoms with van der Waals surface area (Å²) >= 11 is 3.16. The average molecular weight is 448 g/mol. The number of hydrogen-bond acceptors (Lipinski definition) is 6. The molecule has 5 rings (SSSR count). The lowest BCUT2D eigenvalue weighted by atomic mass is 10.2. The van der Waals surface area contributed by atoms with E-state index in [0.29, 0.717) is 16.7 Å². The number of aromatic nitrogens is 4. The molecule has 1 fully saturated rings. The van der Waals surface area contributed by atoms with Gasteiger partial charge in [-0.2, -0.15) is 0 Å². The smallest absolute Gasteiger partial charge is 0.233 e. The maximum atomic E-state index is 13.1.